The highest BCUT2D eigenvalue weighted by Crippen LogP contribution is 2.29. The standard InChI is InChI=1S/C24H34N4O2/c1-17-16-27(12-13-28(17)23(29)11-10-18-6-2-3-7-18)24(30)21(25)14-19-15-26-22-9-5-4-8-20(19)22/h4-5,8-9,15,17-18,21,26H,2-3,6-7,10-14,16,25H2,1H3/t17-,21-/m0/s1. The molecular weight excluding hydrogens is 376 g/mol. The van der Waals surface area contributed by atoms with Crippen molar-refractivity contribution < 1.29 is 9.59 Å². The number of H-pyrrole nitrogens is 1. The second kappa shape index (κ2) is 9.21. The third-order valence-electron chi connectivity index (χ3n) is 6.93. The fraction of sp³-hybridized carbons (Fsp3) is 0.583. The van der Waals surface area contributed by atoms with Crippen molar-refractivity contribution in [1.82, 2.24) is 14.8 Å². The number of benzene rings is 1. The zero-order valence-corrected chi connectivity index (χ0v) is 18.0. The number of fused-ring (bicyclic) bond motifs is 1. The van der Waals surface area contributed by atoms with Crippen LogP contribution in [0.4, 0.5) is 0 Å². The van der Waals surface area contributed by atoms with Gasteiger partial charge in [-0.1, -0.05) is 43.9 Å². The first-order valence-electron chi connectivity index (χ1n) is 11.4. The predicted molar refractivity (Wildman–Crippen MR) is 119 cm³/mol. The van der Waals surface area contributed by atoms with Crippen LogP contribution in [-0.2, 0) is 16.0 Å². The minimum absolute atomic E-state index is 0.0230. The number of carbonyl (C=O) groups is 2. The van der Waals surface area contributed by atoms with Gasteiger partial charge in [-0.25, -0.2) is 0 Å². The molecule has 1 aliphatic heterocycles. The molecule has 162 valence electrons. The number of amides is 2. The molecule has 30 heavy (non-hydrogen) atoms. The average Bonchev–Trinajstić information content (AvgIpc) is 3.41. The first-order chi connectivity index (χ1) is 14.5. The van der Waals surface area contributed by atoms with E-state index in [1.54, 1.807) is 0 Å². The van der Waals surface area contributed by atoms with E-state index in [0.717, 1.165) is 28.8 Å². The van der Waals surface area contributed by atoms with Gasteiger partial charge in [0.2, 0.25) is 11.8 Å². The van der Waals surface area contributed by atoms with Crippen LogP contribution in [0.1, 0.15) is 51.0 Å². The highest BCUT2D eigenvalue weighted by Gasteiger charge is 2.32. The molecule has 0 radical (unpaired) electrons. The van der Waals surface area contributed by atoms with Gasteiger partial charge in [-0.2, -0.15) is 0 Å². The maximum Gasteiger partial charge on any atom is 0.239 e. The van der Waals surface area contributed by atoms with E-state index in [-0.39, 0.29) is 17.9 Å². The number of carbonyl (C=O) groups excluding carboxylic acids is 2. The topological polar surface area (TPSA) is 82.4 Å². The molecule has 0 unspecified atom stereocenters. The summed E-state index contributed by atoms with van der Waals surface area (Å²) in [6.45, 7) is 3.78. The first-order valence-corrected chi connectivity index (χ1v) is 11.4. The zero-order valence-electron chi connectivity index (χ0n) is 18.0. The summed E-state index contributed by atoms with van der Waals surface area (Å²) >= 11 is 0. The highest BCUT2D eigenvalue weighted by molar-refractivity contribution is 5.86. The predicted octanol–water partition coefficient (Wildman–Crippen LogP) is 3.07. The normalized spacial score (nSPS) is 21.3. The minimum atomic E-state index is -0.568. The smallest absolute Gasteiger partial charge is 0.239 e. The number of nitrogens with two attached hydrogens (primary N) is 1. The summed E-state index contributed by atoms with van der Waals surface area (Å²) in [5, 5.41) is 1.12. The Labute approximate surface area is 178 Å². The molecule has 3 N–H and O–H groups in total. The van der Waals surface area contributed by atoms with Crippen LogP contribution in [0.3, 0.4) is 0 Å². The number of hydrogen-bond donors (Lipinski definition) is 2. The van der Waals surface area contributed by atoms with Crippen molar-refractivity contribution in [2.75, 3.05) is 19.6 Å². The van der Waals surface area contributed by atoms with E-state index in [1.165, 1.54) is 25.7 Å². The molecule has 2 atom stereocenters. The second-order valence-electron chi connectivity index (χ2n) is 9.08. The maximum atomic E-state index is 13.0. The fourth-order valence-corrected chi connectivity index (χ4v) is 5.16. The van der Waals surface area contributed by atoms with Crippen molar-refractivity contribution in [1.29, 1.82) is 0 Å². The summed E-state index contributed by atoms with van der Waals surface area (Å²) in [7, 11) is 0. The lowest BCUT2D eigenvalue weighted by atomic mass is 10.0. The number of nitrogens with zero attached hydrogens (tertiary/aromatic N) is 2. The van der Waals surface area contributed by atoms with Gasteiger partial charge in [-0.05, 0) is 37.3 Å². The third-order valence-corrected chi connectivity index (χ3v) is 6.93. The van der Waals surface area contributed by atoms with Crippen molar-refractivity contribution in [3.05, 3.63) is 36.0 Å². The number of piperazine rings is 1. The van der Waals surface area contributed by atoms with Gasteiger partial charge in [0.15, 0.2) is 0 Å². The molecule has 2 amide bonds. The molecule has 1 aromatic carbocycles. The molecule has 2 heterocycles. The Morgan fingerprint density at radius 2 is 1.97 bits per heavy atom. The number of nitrogens with one attached hydrogen (secondary N) is 1. The van der Waals surface area contributed by atoms with Gasteiger partial charge in [0.05, 0.1) is 6.04 Å². The molecule has 6 heteroatoms. The molecule has 1 saturated carbocycles. The van der Waals surface area contributed by atoms with E-state index in [9.17, 15) is 9.59 Å². The molecule has 6 nitrogen and oxygen atoms in total. The molecule has 0 bridgehead atoms. The van der Waals surface area contributed by atoms with E-state index in [0.29, 0.717) is 32.5 Å². The lowest BCUT2D eigenvalue weighted by molar-refractivity contribution is -0.143. The molecule has 1 aliphatic carbocycles. The number of rotatable bonds is 6. The Hall–Kier alpha value is -2.34. The van der Waals surface area contributed by atoms with Gasteiger partial charge < -0.3 is 20.5 Å². The summed E-state index contributed by atoms with van der Waals surface area (Å²) < 4.78 is 0. The van der Waals surface area contributed by atoms with Crippen LogP contribution in [-0.4, -0.2) is 58.3 Å². The van der Waals surface area contributed by atoms with Gasteiger partial charge in [-0.15, -0.1) is 0 Å². The average molecular weight is 411 g/mol. The van der Waals surface area contributed by atoms with Crippen molar-refractivity contribution in [2.45, 2.75) is 64.0 Å². The largest absolute Gasteiger partial charge is 0.361 e. The fourth-order valence-electron chi connectivity index (χ4n) is 5.16. The SMILES string of the molecule is C[C@H]1CN(C(=O)[C@@H](N)Cc2c[nH]c3ccccc23)CCN1C(=O)CCC1CCCC1. The molecule has 2 aromatic rings. The zero-order chi connectivity index (χ0) is 21.1. The number of aromatic amines is 1. The molecule has 0 spiro atoms. The number of hydrogen-bond acceptors (Lipinski definition) is 3. The van der Waals surface area contributed by atoms with Crippen LogP contribution in [0, 0.1) is 5.92 Å². The van der Waals surface area contributed by atoms with Gasteiger partial charge in [0.1, 0.15) is 0 Å². The lowest BCUT2D eigenvalue weighted by Crippen LogP contribution is -2.58. The van der Waals surface area contributed by atoms with Crippen LogP contribution < -0.4 is 5.73 Å². The summed E-state index contributed by atoms with van der Waals surface area (Å²) in [6, 6.07) is 7.54. The van der Waals surface area contributed by atoms with Gasteiger partial charge in [-0.3, -0.25) is 9.59 Å². The highest BCUT2D eigenvalue weighted by atomic mass is 16.2. The van der Waals surface area contributed by atoms with E-state index in [4.69, 9.17) is 5.73 Å². The van der Waals surface area contributed by atoms with Crippen molar-refractivity contribution in [3.63, 3.8) is 0 Å². The second-order valence-corrected chi connectivity index (χ2v) is 9.08. The quantitative estimate of drug-likeness (QED) is 0.768. The van der Waals surface area contributed by atoms with Crippen LogP contribution >= 0.6 is 0 Å². The van der Waals surface area contributed by atoms with E-state index >= 15 is 0 Å². The minimum Gasteiger partial charge on any atom is -0.361 e. The van der Waals surface area contributed by atoms with Crippen LogP contribution in [0.25, 0.3) is 10.9 Å². The van der Waals surface area contributed by atoms with E-state index in [1.807, 2.05) is 41.1 Å². The molecule has 4 rings (SSSR count). The summed E-state index contributed by atoms with van der Waals surface area (Å²) in [4.78, 5) is 32.7. The summed E-state index contributed by atoms with van der Waals surface area (Å²) in [5.74, 6) is 0.949. The monoisotopic (exact) mass is 410 g/mol. The molecule has 2 fully saturated rings. The summed E-state index contributed by atoms with van der Waals surface area (Å²) in [6.07, 6.45) is 9.30. The maximum absolute atomic E-state index is 13.0. The van der Waals surface area contributed by atoms with Crippen molar-refractivity contribution >= 4 is 22.7 Å². The van der Waals surface area contributed by atoms with Gasteiger partial charge >= 0.3 is 0 Å². The summed E-state index contributed by atoms with van der Waals surface area (Å²) in [5.41, 5.74) is 8.43. The van der Waals surface area contributed by atoms with Crippen LogP contribution in [0.5, 0.6) is 0 Å². The van der Waals surface area contributed by atoms with E-state index in [2.05, 4.69) is 11.1 Å². The van der Waals surface area contributed by atoms with Crippen molar-refractivity contribution in [3.8, 4) is 0 Å². The van der Waals surface area contributed by atoms with Gasteiger partial charge in [0, 0.05) is 49.2 Å². The molecular formula is C24H34N4O2. The van der Waals surface area contributed by atoms with Gasteiger partial charge in [0.25, 0.3) is 0 Å². The Balaban J connectivity index is 1.29. The Morgan fingerprint density at radius 1 is 1.20 bits per heavy atom. The van der Waals surface area contributed by atoms with E-state index < -0.39 is 6.04 Å². The molecule has 1 saturated heterocycles. The molecule has 1 aromatic heterocycles. The van der Waals surface area contributed by atoms with Crippen LogP contribution in [0.15, 0.2) is 30.5 Å². The number of para-hydroxylation sites is 1. The van der Waals surface area contributed by atoms with Crippen molar-refractivity contribution in [2.24, 2.45) is 11.7 Å². The lowest BCUT2D eigenvalue weighted by Gasteiger charge is -2.41. The van der Waals surface area contributed by atoms with Crippen LogP contribution in [0.2, 0.25) is 0 Å². The Bertz CT molecular complexity index is 886. The first kappa shape index (κ1) is 20.9. The third kappa shape index (κ3) is 4.53. The molecule has 2 aliphatic rings. The Kier molecular flexibility index (Phi) is 6.42. The Morgan fingerprint density at radius 3 is 2.73 bits per heavy atom. The number of aromatic nitrogens is 1.